The lowest BCUT2D eigenvalue weighted by molar-refractivity contribution is 0.0998. The molecule has 1 amide bonds. The summed E-state index contributed by atoms with van der Waals surface area (Å²) in [6, 6.07) is 4.33. The molecule has 0 fully saturated rings. The molecular weight excluding hydrogens is 358 g/mol. The van der Waals surface area contributed by atoms with Crippen molar-refractivity contribution in [2.24, 2.45) is 0 Å². The SMILES string of the molecule is CCc1cc2c(=O)n(NC(=O)c3ccc(=O)n(CCOC)n3)cnc2s1. The molecule has 1 N–H and O–H groups in total. The number of methoxy groups -OCH3 is 1. The average Bonchev–Trinajstić information content (AvgIpc) is 3.07. The zero-order valence-electron chi connectivity index (χ0n) is 14.3. The Labute approximate surface area is 151 Å². The molecule has 0 bridgehead atoms. The van der Waals surface area contributed by atoms with Gasteiger partial charge in [0.1, 0.15) is 11.2 Å². The van der Waals surface area contributed by atoms with E-state index in [4.69, 9.17) is 4.74 Å². The van der Waals surface area contributed by atoms with Gasteiger partial charge in [-0.05, 0) is 18.6 Å². The first-order valence-electron chi connectivity index (χ1n) is 7.92. The third-order valence-corrected chi connectivity index (χ3v) is 4.87. The highest BCUT2D eigenvalue weighted by Gasteiger charge is 2.13. The molecule has 0 aliphatic rings. The molecule has 0 aliphatic carbocycles. The number of thiophene rings is 1. The molecule has 0 atom stereocenters. The maximum atomic E-state index is 12.5. The van der Waals surface area contributed by atoms with E-state index in [-0.39, 0.29) is 30.0 Å². The predicted molar refractivity (Wildman–Crippen MR) is 97.3 cm³/mol. The van der Waals surface area contributed by atoms with Gasteiger partial charge in [0.05, 0.1) is 18.5 Å². The molecule has 0 spiro atoms. The summed E-state index contributed by atoms with van der Waals surface area (Å²) < 4.78 is 7.06. The van der Waals surface area contributed by atoms with Crippen molar-refractivity contribution in [1.29, 1.82) is 0 Å². The van der Waals surface area contributed by atoms with Crippen LogP contribution in [-0.4, -0.2) is 39.1 Å². The van der Waals surface area contributed by atoms with E-state index in [9.17, 15) is 14.4 Å². The molecule has 0 unspecified atom stereocenters. The Morgan fingerprint density at radius 2 is 2.15 bits per heavy atom. The largest absolute Gasteiger partial charge is 0.383 e. The summed E-state index contributed by atoms with van der Waals surface area (Å²) in [4.78, 5) is 42.5. The van der Waals surface area contributed by atoms with Crippen LogP contribution in [0.4, 0.5) is 0 Å². The molecule has 0 aromatic carbocycles. The molecule has 0 aliphatic heterocycles. The van der Waals surface area contributed by atoms with Gasteiger partial charge in [-0.2, -0.15) is 5.10 Å². The van der Waals surface area contributed by atoms with Crippen molar-refractivity contribution in [2.75, 3.05) is 19.1 Å². The number of carbonyl (C=O) groups is 1. The lowest BCUT2D eigenvalue weighted by Gasteiger charge is -2.08. The highest BCUT2D eigenvalue weighted by Crippen LogP contribution is 2.20. The second kappa shape index (κ2) is 7.58. The number of nitrogens with one attached hydrogen (secondary N) is 1. The van der Waals surface area contributed by atoms with E-state index in [1.54, 1.807) is 6.07 Å². The molecule has 10 heteroatoms. The van der Waals surface area contributed by atoms with Crippen LogP contribution in [-0.2, 0) is 17.7 Å². The van der Waals surface area contributed by atoms with E-state index < -0.39 is 5.91 Å². The number of aromatic nitrogens is 4. The number of rotatable bonds is 6. The number of hydrogen-bond acceptors (Lipinski definition) is 7. The van der Waals surface area contributed by atoms with Crippen LogP contribution in [0.3, 0.4) is 0 Å². The van der Waals surface area contributed by atoms with Gasteiger partial charge in [-0.25, -0.2) is 14.3 Å². The number of amides is 1. The molecule has 0 radical (unpaired) electrons. The Bertz CT molecular complexity index is 1070. The fourth-order valence-corrected chi connectivity index (χ4v) is 3.23. The monoisotopic (exact) mass is 375 g/mol. The summed E-state index contributed by atoms with van der Waals surface area (Å²) >= 11 is 1.45. The smallest absolute Gasteiger partial charge is 0.290 e. The van der Waals surface area contributed by atoms with Crippen molar-refractivity contribution in [3.05, 3.63) is 55.8 Å². The third kappa shape index (κ3) is 3.55. The minimum Gasteiger partial charge on any atom is -0.383 e. The summed E-state index contributed by atoms with van der Waals surface area (Å²) in [5.74, 6) is -0.620. The zero-order chi connectivity index (χ0) is 18.7. The molecule has 0 saturated heterocycles. The summed E-state index contributed by atoms with van der Waals surface area (Å²) in [5.41, 5.74) is 1.74. The van der Waals surface area contributed by atoms with E-state index in [1.165, 1.54) is 36.9 Å². The maximum Gasteiger partial charge on any atom is 0.290 e. The standard InChI is InChI=1S/C16H17N5O4S/c1-3-10-8-11-15(26-10)17-9-21(16(11)24)19-14(23)12-4-5-13(22)20(18-12)6-7-25-2/h4-5,8-9H,3,6-7H2,1-2H3,(H,19,23). The molecule has 0 saturated carbocycles. The minimum atomic E-state index is -0.620. The normalized spacial score (nSPS) is 11.0. The maximum absolute atomic E-state index is 12.5. The lowest BCUT2D eigenvalue weighted by Crippen LogP contribution is -2.35. The van der Waals surface area contributed by atoms with Gasteiger partial charge in [0, 0.05) is 18.1 Å². The second-order valence-electron chi connectivity index (χ2n) is 5.42. The lowest BCUT2D eigenvalue weighted by atomic mass is 10.3. The van der Waals surface area contributed by atoms with Gasteiger partial charge in [0.25, 0.3) is 17.0 Å². The molecule has 3 aromatic rings. The van der Waals surface area contributed by atoms with Crippen molar-refractivity contribution < 1.29 is 9.53 Å². The van der Waals surface area contributed by atoms with Crippen molar-refractivity contribution in [3.63, 3.8) is 0 Å². The van der Waals surface area contributed by atoms with Crippen molar-refractivity contribution in [2.45, 2.75) is 19.9 Å². The first kappa shape index (κ1) is 18.0. The Kier molecular flexibility index (Phi) is 5.24. The van der Waals surface area contributed by atoms with E-state index >= 15 is 0 Å². The summed E-state index contributed by atoms with van der Waals surface area (Å²) in [6.07, 6.45) is 2.07. The number of carbonyl (C=O) groups excluding carboxylic acids is 1. The molecular formula is C16H17N5O4S. The predicted octanol–water partition coefficient (Wildman–Crippen LogP) is 0.607. The molecule has 26 heavy (non-hydrogen) atoms. The van der Waals surface area contributed by atoms with Crippen molar-refractivity contribution >= 4 is 27.5 Å². The summed E-state index contributed by atoms with van der Waals surface area (Å²) in [6.45, 7) is 2.50. The minimum absolute atomic E-state index is 0.00673. The molecule has 3 rings (SSSR count). The van der Waals surface area contributed by atoms with Gasteiger partial charge in [-0.3, -0.25) is 19.8 Å². The highest BCUT2D eigenvalue weighted by atomic mass is 32.1. The fourth-order valence-electron chi connectivity index (χ4n) is 2.30. The second-order valence-corrected chi connectivity index (χ2v) is 6.53. The van der Waals surface area contributed by atoms with Gasteiger partial charge in [0.15, 0.2) is 5.69 Å². The number of fused-ring (bicyclic) bond motifs is 1. The van der Waals surface area contributed by atoms with Crippen LogP contribution >= 0.6 is 11.3 Å². The van der Waals surface area contributed by atoms with E-state index in [0.29, 0.717) is 10.2 Å². The molecule has 9 nitrogen and oxygen atoms in total. The van der Waals surface area contributed by atoms with Crippen LogP contribution in [0.1, 0.15) is 22.3 Å². The van der Waals surface area contributed by atoms with Gasteiger partial charge in [0.2, 0.25) is 0 Å². The van der Waals surface area contributed by atoms with Crippen LogP contribution < -0.4 is 16.5 Å². The van der Waals surface area contributed by atoms with E-state index in [2.05, 4.69) is 15.5 Å². The Morgan fingerprint density at radius 3 is 2.88 bits per heavy atom. The third-order valence-electron chi connectivity index (χ3n) is 3.68. The van der Waals surface area contributed by atoms with Crippen LogP contribution in [0.25, 0.3) is 10.2 Å². The van der Waals surface area contributed by atoms with Crippen LogP contribution in [0.5, 0.6) is 0 Å². The van der Waals surface area contributed by atoms with E-state index in [0.717, 1.165) is 20.7 Å². The number of aryl methyl sites for hydroxylation is 1. The van der Waals surface area contributed by atoms with Crippen LogP contribution in [0.15, 0.2) is 34.1 Å². The number of ether oxygens (including phenoxy) is 1. The summed E-state index contributed by atoms with van der Waals surface area (Å²) in [7, 11) is 1.51. The van der Waals surface area contributed by atoms with Gasteiger partial charge in [-0.15, -0.1) is 11.3 Å². The summed E-state index contributed by atoms with van der Waals surface area (Å²) in [5, 5.41) is 4.45. The van der Waals surface area contributed by atoms with Crippen LogP contribution in [0, 0.1) is 0 Å². The number of hydrogen-bond donors (Lipinski definition) is 1. The van der Waals surface area contributed by atoms with Crippen molar-refractivity contribution in [1.82, 2.24) is 19.4 Å². The quantitative estimate of drug-likeness (QED) is 0.676. The Morgan fingerprint density at radius 1 is 1.35 bits per heavy atom. The van der Waals surface area contributed by atoms with Crippen molar-refractivity contribution in [3.8, 4) is 0 Å². The highest BCUT2D eigenvalue weighted by molar-refractivity contribution is 7.18. The fraction of sp³-hybridized carbons (Fsp3) is 0.312. The number of nitrogens with zero attached hydrogens (tertiary/aromatic N) is 4. The topological polar surface area (TPSA) is 108 Å². The average molecular weight is 375 g/mol. The first-order valence-corrected chi connectivity index (χ1v) is 8.73. The molecule has 3 heterocycles. The Hall–Kier alpha value is -2.85. The zero-order valence-corrected chi connectivity index (χ0v) is 15.1. The van der Waals surface area contributed by atoms with Gasteiger partial charge < -0.3 is 4.74 Å². The molecule has 3 aromatic heterocycles. The van der Waals surface area contributed by atoms with Gasteiger partial charge >= 0.3 is 0 Å². The van der Waals surface area contributed by atoms with E-state index in [1.807, 2.05) is 6.92 Å². The molecule has 136 valence electrons. The Balaban J connectivity index is 1.88. The van der Waals surface area contributed by atoms with Gasteiger partial charge in [-0.1, -0.05) is 6.92 Å². The van der Waals surface area contributed by atoms with Crippen LogP contribution in [0.2, 0.25) is 0 Å². The first-order chi connectivity index (χ1) is 12.5.